The molecule has 1 heterocycles. The number of rotatable bonds is 4. The van der Waals surface area contributed by atoms with Gasteiger partial charge in [0.1, 0.15) is 6.33 Å². The van der Waals surface area contributed by atoms with E-state index >= 15 is 0 Å². The Morgan fingerprint density at radius 1 is 1.47 bits per heavy atom. The van der Waals surface area contributed by atoms with Crippen LogP contribution in [-0.4, -0.2) is 28.0 Å². The second-order valence-corrected chi connectivity index (χ2v) is 5.09. The fourth-order valence-corrected chi connectivity index (χ4v) is 2.02. The molecule has 1 unspecified atom stereocenters. The fourth-order valence-electron chi connectivity index (χ4n) is 1.48. The summed E-state index contributed by atoms with van der Waals surface area (Å²) in [5.74, 6) is 0.756. The van der Waals surface area contributed by atoms with E-state index in [2.05, 4.69) is 38.7 Å². The Labute approximate surface area is 114 Å². The first-order chi connectivity index (χ1) is 8.19. The van der Waals surface area contributed by atoms with Gasteiger partial charge in [-0.15, -0.1) is 0 Å². The summed E-state index contributed by atoms with van der Waals surface area (Å²) in [5.41, 5.74) is 1.04. The van der Waals surface area contributed by atoms with Crippen LogP contribution >= 0.6 is 22.6 Å². The minimum atomic E-state index is 0.139. The monoisotopic (exact) mass is 343 g/mol. The van der Waals surface area contributed by atoms with Crippen LogP contribution in [0.4, 0.5) is 0 Å². The standard InChI is InChI=1S/C12H14IN3O/c1-9(17-2)7-16-8-14-12(15-16)10-4-3-5-11(13)6-10/h3-6,8-9H,7H2,1-2H3. The van der Waals surface area contributed by atoms with E-state index in [-0.39, 0.29) is 6.10 Å². The van der Waals surface area contributed by atoms with Crippen molar-refractivity contribution in [2.24, 2.45) is 0 Å². The van der Waals surface area contributed by atoms with Gasteiger partial charge in [-0.25, -0.2) is 9.67 Å². The van der Waals surface area contributed by atoms with E-state index in [1.807, 2.05) is 29.8 Å². The number of methoxy groups -OCH3 is 1. The predicted molar refractivity (Wildman–Crippen MR) is 74.6 cm³/mol. The third-order valence-electron chi connectivity index (χ3n) is 2.47. The van der Waals surface area contributed by atoms with E-state index in [1.54, 1.807) is 13.4 Å². The molecule has 1 atom stereocenters. The minimum absolute atomic E-state index is 0.139. The van der Waals surface area contributed by atoms with Gasteiger partial charge in [0.15, 0.2) is 5.82 Å². The molecule has 5 heteroatoms. The molecule has 0 fully saturated rings. The van der Waals surface area contributed by atoms with E-state index in [4.69, 9.17) is 4.74 Å². The molecule has 0 amide bonds. The number of benzene rings is 1. The molecule has 2 rings (SSSR count). The van der Waals surface area contributed by atoms with Crippen molar-refractivity contribution in [3.8, 4) is 11.4 Å². The van der Waals surface area contributed by atoms with Gasteiger partial charge in [0.2, 0.25) is 0 Å². The van der Waals surface area contributed by atoms with E-state index < -0.39 is 0 Å². The Hall–Kier alpha value is -0.950. The highest BCUT2D eigenvalue weighted by Crippen LogP contribution is 2.17. The van der Waals surface area contributed by atoms with Crippen LogP contribution < -0.4 is 0 Å². The first-order valence-corrected chi connectivity index (χ1v) is 6.45. The number of nitrogens with zero attached hydrogens (tertiary/aromatic N) is 3. The second kappa shape index (κ2) is 5.59. The van der Waals surface area contributed by atoms with Crippen LogP contribution in [0.25, 0.3) is 11.4 Å². The smallest absolute Gasteiger partial charge is 0.181 e. The Morgan fingerprint density at radius 3 is 3.00 bits per heavy atom. The summed E-state index contributed by atoms with van der Waals surface area (Å²) in [4.78, 5) is 4.31. The highest BCUT2D eigenvalue weighted by molar-refractivity contribution is 14.1. The molecule has 0 radical (unpaired) electrons. The van der Waals surface area contributed by atoms with Crippen molar-refractivity contribution in [2.45, 2.75) is 19.6 Å². The molecule has 1 aromatic carbocycles. The first kappa shape index (κ1) is 12.5. The molecule has 90 valence electrons. The van der Waals surface area contributed by atoms with Gasteiger partial charge in [-0.3, -0.25) is 0 Å². The van der Waals surface area contributed by atoms with Gasteiger partial charge < -0.3 is 4.74 Å². The zero-order valence-electron chi connectivity index (χ0n) is 9.80. The van der Waals surface area contributed by atoms with Gasteiger partial charge in [-0.2, -0.15) is 5.10 Å². The lowest BCUT2D eigenvalue weighted by molar-refractivity contribution is 0.0998. The predicted octanol–water partition coefficient (Wildman–Crippen LogP) is 2.58. The molecule has 17 heavy (non-hydrogen) atoms. The Bertz CT molecular complexity index is 498. The normalized spacial score (nSPS) is 12.6. The quantitative estimate of drug-likeness (QED) is 0.802. The maximum absolute atomic E-state index is 5.20. The molecular weight excluding hydrogens is 329 g/mol. The van der Waals surface area contributed by atoms with Gasteiger partial charge in [-0.05, 0) is 41.6 Å². The molecular formula is C12H14IN3O. The van der Waals surface area contributed by atoms with Crippen molar-refractivity contribution in [1.29, 1.82) is 0 Å². The largest absolute Gasteiger partial charge is 0.380 e. The molecule has 0 spiro atoms. The molecule has 0 bridgehead atoms. The van der Waals surface area contributed by atoms with Crippen LogP contribution in [0.2, 0.25) is 0 Å². The van der Waals surface area contributed by atoms with Crippen molar-refractivity contribution in [3.63, 3.8) is 0 Å². The summed E-state index contributed by atoms with van der Waals surface area (Å²) in [6, 6.07) is 8.14. The fraction of sp³-hybridized carbons (Fsp3) is 0.333. The van der Waals surface area contributed by atoms with Crippen LogP contribution in [-0.2, 0) is 11.3 Å². The van der Waals surface area contributed by atoms with E-state index in [0.717, 1.165) is 11.4 Å². The van der Waals surface area contributed by atoms with Crippen LogP contribution in [0.15, 0.2) is 30.6 Å². The molecule has 0 aliphatic heterocycles. The number of aromatic nitrogens is 3. The summed E-state index contributed by atoms with van der Waals surface area (Å²) in [5, 5.41) is 4.43. The zero-order valence-corrected chi connectivity index (χ0v) is 12.0. The molecule has 1 aromatic heterocycles. The molecule has 0 aliphatic rings. The third kappa shape index (κ3) is 3.26. The molecule has 2 aromatic rings. The lowest BCUT2D eigenvalue weighted by atomic mass is 10.2. The molecule has 4 nitrogen and oxygen atoms in total. The summed E-state index contributed by atoms with van der Waals surface area (Å²) in [7, 11) is 1.70. The zero-order chi connectivity index (χ0) is 12.3. The van der Waals surface area contributed by atoms with Crippen LogP contribution in [0.3, 0.4) is 0 Å². The Morgan fingerprint density at radius 2 is 2.29 bits per heavy atom. The highest BCUT2D eigenvalue weighted by atomic mass is 127. The number of hydrogen-bond donors (Lipinski definition) is 0. The van der Waals surface area contributed by atoms with Gasteiger partial charge in [0.05, 0.1) is 12.6 Å². The average Bonchev–Trinajstić information content (AvgIpc) is 2.77. The number of ether oxygens (including phenoxy) is 1. The Balaban J connectivity index is 2.18. The summed E-state index contributed by atoms with van der Waals surface area (Å²) in [6.45, 7) is 2.72. The van der Waals surface area contributed by atoms with Crippen LogP contribution in [0, 0.1) is 3.57 Å². The minimum Gasteiger partial charge on any atom is -0.380 e. The Kier molecular flexibility index (Phi) is 4.11. The van der Waals surface area contributed by atoms with Crippen molar-refractivity contribution < 1.29 is 4.74 Å². The lowest BCUT2D eigenvalue weighted by Gasteiger charge is -2.07. The van der Waals surface area contributed by atoms with E-state index in [9.17, 15) is 0 Å². The number of halogens is 1. The average molecular weight is 343 g/mol. The maximum atomic E-state index is 5.20. The van der Waals surface area contributed by atoms with Gasteiger partial charge >= 0.3 is 0 Å². The number of hydrogen-bond acceptors (Lipinski definition) is 3. The molecule has 0 saturated heterocycles. The topological polar surface area (TPSA) is 39.9 Å². The molecule has 0 N–H and O–H groups in total. The summed E-state index contributed by atoms with van der Waals surface area (Å²) >= 11 is 2.28. The molecule has 0 saturated carbocycles. The van der Waals surface area contributed by atoms with Crippen LogP contribution in [0.5, 0.6) is 0 Å². The van der Waals surface area contributed by atoms with Crippen molar-refractivity contribution in [2.75, 3.05) is 7.11 Å². The van der Waals surface area contributed by atoms with E-state index in [0.29, 0.717) is 6.54 Å². The van der Waals surface area contributed by atoms with Crippen molar-refractivity contribution in [1.82, 2.24) is 14.8 Å². The second-order valence-electron chi connectivity index (χ2n) is 3.85. The van der Waals surface area contributed by atoms with Crippen LogP contribution in [0.1, 0.15) is 6.92 Å². The third-order valence-corrected chi connectivity index (χ3v) is 3.14. The molecule has 0 aliphatic carbocycles. The van der Waals surface area contributed by atoms with Crippen molar-refractivity contribution >= 4 is 22.6 Å². The maximum Gasteiger partial charge on any atom is 0.181 e. The van der Waals surface area contributed by atoms with Gasteiger partial charge in [0, 0.05) is 16.2 Å². The van der Waals surface area contributed by atoms with Gasteiger partial charge in [-0.1, -0.05) is 12.1 Å². The summed E-state index contributed by atoms with van der Waals surface area (Å²) < 4.78 is 8.19. The SMILES string of the molecule is COC(C)Cn1cnc(-c2cccc(I)c2)n1. The summed E-state index contributed by atoms with van der Waals surface area (Å²) in [6.07, 6.45) is 1.88. The van der Waals surface area contributed by atoms with E-state index in [1.165, 1.54) is 3.57 Å². The van der Waals surface area contributed by atoms with Crippen molar-refractivity contribution in [3.05, 3.63) is 34.2 Å². The lowest BCUT2D eigenvalue weighted by Crippen LogP contribution is -2.14. The first-order valence-electron chi connectivity index (χ1n) is 5.37. The van der Waals surface area contributed by atoms with Gasteiger partial charge in [0.25, 0.3) is 0 Å². The highest BCUT2D eigenvalue weighted by Gasteiger charge is 2.06.